The molecule has 0 fully saturated rings. The van der Waals surface area contributed by atoms with E-state index in [4.69, 9.17) is 16.4 Å². The van der Waals surface area contributed by atoms with Crippen molar-refractivity contribution in [2.45, 2.75) is 19.1 Å². The van der Waals surface area contributed by atoms with Gasteiger partial charge in [-0.25, -0.2) is 5.43 Å². The predicted molar refractivity (Wildman–Crippen MR) is 119 cm³/mol. The van der Waals surface area contributed by atoms with Crippen molar-refractivity contribution in [3.05, 3.63) is 0 Å². The first-order valence-electron chi connectivity index (χ1n) is 7.76. The number of ether oxygens (including phenoxy) is 2. The number of hydrazine groups is 2. The molecule has 1 unspecified atom stereocenters. The average Bonchev–Trinajstić information content (AvgIpc) is 2.79. The van der Waals surface area contributed by atoms with Gasteiger partial charge in [0.1, 0.15) is 0 Å². The minimum Gasteiger partial charge on any atom is -0.469 e. The lowest BCUT2D eigenvalue weighted by molar-refractivity contribution is -0.155. The van der Waals surface area contributed by atoms with Crippen molar-refractivity contribution in [1.82, 2.24) is 10.9 Å². The molecule has 16 heteroatoms. The van der Waals surface area contributed by atoms with Gasteiger partial charge in [0.15, 0.2) is 6.23 Å². The number of nitrogens with one attached hydrogen (secondary N) is 2. The molecule has 0 aromatic heterocycles. The molecule has 29 heavy (non-hydrogen) atoms. The maximum absolute atomic E-state index is 11.1. The van der Waals surface area contributed by atoms with Gasteiger partial charge in [-0.1, -0.05) is 0 Å². The second-order valence-electron chi connectivity index (χ2n) is 2.63. The molecular formula is C13H50N10O6. The monoisotopic (exact) mass is 442 g/mol. The maximum Gasteiger partial charge on any atom is 0.310 e. The van der Waals surface area contributed by atoms with Crippen LogP contribution in [0.4, 0.5) is 0 Å². The standard InChI is InChI=1S/C7H16N4O4.6CH5N.2H2O/c1-14-7(13)4-5(11-9)15-6(12)2-3-10-8;6*1-2;;/h5,10-11H,2-4,8-9H2,1H3;6*2H2,1H3;2*1H2. The van der Waals surface area contributed by atoms with Gasteiger partial charge in [0.25, 0.3) is 0 Å². The van der Waals surface area contributed by atoms with E-state index in [9.17, 15) is 9.59 Å². The summed E-state index contributed by atoms with van der Waals surface area (Å²) < 4.78 is 9.19. The summed E-state index contributed by atoms with van der Waals surface area (Å²) in [6.07, 6.45) is -0.937. The van der Waals surface area contributed by atoms with Crippen LogP contribution in [0.3, 0.4) is 0 Å². The molecule has 1 atom stereocenters. The quantitative estimate of drug-likeness (QED) is 0.0757. The largest absolute Gasteiger partial charge is 0.469 e. The molecule has 0 aromatic carbocycles. The molecule has 0 aliphatic heterocycles. The van der Waals surface area contributed by atoms with Crippen molar-refractivity contribution in [1.29, 1.82) is 0 Å². The van der Waals surface area contributed by atoms with Crippen LogP contribution in [0.2, 0.25) is 0 Å². The van der Waals surface area contributed by atoms with E-state index in [0.717, 1.165) is 0 Å². The summed E-state index contributed by atoms with van der Waals surface area (Å²) in [5.41, 5.74) is 31.5. The van der Waals surface area contributed by atoms with Gasteiger partial charge in [-0.15, -0.1) is 0 Å². The summed E-state index contributed by atoms with van der Waals surface area (Å²) >= 11 is 0. The molecule has 0 saturated carbocycles. The van der Waals surface area contributed by atoms with Crippen LogP contribution in [-0.4, -0.2) is 85.1 Å². The summed E-state index contributed by atoms with van der Waals surface area (Å²) in [5, 5.41) is 0. The van der Waals surface area contributed by atoms with Crippen molar-refractivity contribution in [2.75, 3.05) is 55.9 Å². The molecule has 0 rings (SSSR count). The van der Waals surface area contributed by atoms with Crippen molar-refractivity contribution < 1.29 is 30.0 Å². The Balaban J connectivity index is -0.0000000349. The number of hydrogen-bond acceptors (Lipinski definition) is 14. The molecule has 0 amide bonds. The predicted octanol–water partition coefficient (Wildman–Crippen LogP) is -6.46. The highest BCUT2D eigenvalue weighted by Crippen LogP contribution is 1.97. The summed E-state index contributed by atoms with van der Waals surface area (Å²) in [5.74, 6) is 9.01. The molecule has 0 heterocycles. The van der Waals surface area contributed by atoms with Crippen LogP contribution in [0, 0.1) is 0 Å². The molecule has 16 nitrogen and oxygen atoms in total. The van der Waals surface area contributed by atoms with E-state index in [1.54, 1.807) is 0 Å². The minimum atomic E-state index is -0.886. The second-order valence-corrected chi connectivity index (χ2v) is 2.63. The zero-order valence-corrected chi connectivity index (χ0v) is 19.0. The van der Waals surface area contributed by atoms with Gasteiger partial charge in [0.05, 0.1) is 20.0 Å². The normalized spacial score (nSPS) is 7.41. The van der Waals surface area contributed by atoms with Crippen LogP contribution in [0.5, 0.6) is 0 Å². The van der Waals surface area contributed by atoms with Crippen molar-refractivity contribution in [3.8, 4) is 0 Å². The summed E-state index contributed by atoms with van der Waals surface area (Å²) in [6, 6.07) is 0. The van der Waals surface area contributed by atoms with Gasteiger partial charge >= 0.3 is 11.9 Å². The highest BCUT2D eigenvalue weighted by molar-refractivity contribution is 5.72. The van der Waals surface area contributed by atoms with Crippen LogP contribution < -0.4 is 56.9 Å². The van der Waals surface area contributed by atoms with Gasteiger partial charge in [0, 0.05) is 6.54 Å². The number of esters is 2. The third kappa shape index (κ3) is 75.7. The minimum absolute atomic E-state index is 0. The first-order valence-corrected chi connectivity index (χ1v) is 7.76. The van der Waals surface area contributed by atoms with Gasteiger partial charge in [-0.2, -0.15) is 0 Å². The van der Waals surface area contributed by atoms with Crippen molar-refractivity contribution in [3.63, 3.8) is 0 Å². The van der Waals surface area contributed by atoms with E-state index in [2.05, 4.69) is 50.0 Å². The Labute approximate surface area is 174 Å². The Morgan fingerprint density at radius 1 is 0.759 bits per heavy atom. The molecule has 0 radical (unpaired) electrons. The summed E-state index contributed by atoms with van der Waals surface area (Å²) in [4.78, 5) is 21.9. The van der Waals surface area contributed by atoms with Gasteiger partial charge < -0.3 is 54.8 Å². The lowest BCUT2D eigenvalue weighted by Gasteiger charge is -2.15. The average molecular weight is 443 g/mol. The molecule has 0 aliphatic rings. The van der Waals surface area contributed by atoms with E-state index in [1.807, 2.05) is 0 Å². The smallest absolute Gasteiger partial charge is 0.310 e. The van der Waals surface area contributed by atoms with Gasteiger partial charge in [-0.05, 0) is 42.3 Å². The Bertz CT molecular complexity index is 232. The van der Waals surface area contributed by atoms with E-state index in [1.165, 1.54) is 49.4 Å². The van der Waals surface area contributed by atoms with E-state index in [-0.39, 0.29) is 30.3 Å². The van der Waals surface area contributed by atoms with Crippen molar-refractivity contribution in [2.24, 2.45) is 46.1 Å². The number of methoxy groups -OCH3 is 1. The fraction of sp³-hybridized carbons (Fsp3) is 0.846. The van der Waals surface area contributed by atoms with Crippen LogP contribution in [0.15, 0.2) is 0 Å². The fourth-order valence-corrected chi connectivity index (χ4v) is 0.761. The number of carbonyl (C=O) groups is 2. The molecule has 22 N–H and O–H groups in total. The molecule has 0 aromatic rings. The van der Waals surface area contributed by atoms with E-state index < -0.39 is 18.2 Å². The SMILES string of the molecule is CN.CN.CN.CN.CN.CN.COC(=O)CC(NN)OC(=O)CCNN.O.O. The first kappa shape index (κ1) is 56.4. The summed E-state index contributed by atoms with van der Waals surface area (Å²) in [6.45, 7) is 0.286. The maximum atomic E-state index is 11.1. The van der Waals surface area contributed by atoms with E-state index in [0.29, 0.717) is 0 Å². The second kappa shape index (κ2) is 82.0. The highest BCUT2D eigenvalue weighted by atomic mass is 16.6. The van der Waals surface area contributed by atoms with Gasteiger partial charge in [0.2, 0.25) is 0 Å². The molecule has 0 spiro atoms. The van der Waals surface area contributed by atoms with E-state index >= 15 is 0 Å². The summed E-state index contributed by atoms with van der Waals surface area (Å²) in [7, 11) is 10.2. The lowest BCUT2D eigenvalue weighted by atomic mass is 10.4. The van der Waals surface area contributed by atoms with Crippen LogP contribution >= 0.6 is 0 Å². The highest BCUT2D eigenvalue weighted by Gasteiger charge is 2.16. The van der Waals surface area contributed by atoms with Crippen LogP contribution in [-0.2, 0) is 19.1 Å². The number of carbonyl (C=O) groups excluding carboxylic acids is 2. The molecule has 188 valence electrons. The third-order valence-corrected chi connectivity index (χ3v) is 1.51. The number of hydrogen-bond donors (Lipinski definition) is 10. The zero-order chi connectivity index (χ0) is 23.7. The van der Waals surface area contributed by atoms with Gasteiger partial charge in [-0.3, -0.25) is 26.7 Å². The Kier molecular flexibility index (Phi) is 160. The lowest BCUT2D eigenvalue weighted by Crippen LogP contribution is -2.41. The third-order valence-electron chi connectivity index (χ3n) is 1.51. The molecular weight excluding hydrogens is 392 g/mol. The topological polar surface area (TPSA) is 348 Å². The Hall–Kier alpha value is -1.54. The molecule has 0 aliphatic carbocycles. The Morgan fingerprint density at radius 2 is 1.10 bits per heavy atom. The van der Waals surface area contributed by atoms with Crippen LogP contribution in [0.25, 0.3) is 0 Å². The van der Waals surface area contributed by atoms with Crippen LogP contribution in [0.1, 0.15) is 12.8 Å². The molecule has 0 bridgehead atoms. The van der Waals surface area contributed by atoms with Crippen molar-refractivity contribution >= 4 is 11.9 Å². The zero-order valence-electron chi connectivity index (χ0n) is 19.0. The number of rotatable bonds is 7. The Morgan fingerprint density at radius 3 is 1.34 bits per heavy atom. The first-order chi connectivity index (χ1) is 13.1. The fourth-order valence-electron chi connectivity index (χ4n) is 0.761. The molecule has 0 saturated heterocycles. The number of nitrogens with two attached hydrogens (primary N) is 8.